The first-order valence-electron chi connectivity index (χ1n) is 9.77. The van der Waals surface area contributed by atoms with Gasteiger partial charge in [-0.25, -0.2) is 0 Å². The third kappa shape index (κ3) is 5.60. The van der Waals surface area contributed by atoms with Gasteiger partial charge in [0.25, 0.3) is 0 Å². The number of aryl methyl sites for hydroxylation is 1. The number of nitrogens with zero attached hydrogens (tertiary/aromatic N) is 3. The van der Waals surface area contributed by atoms with E-state index in [0.717, 1.165) is 23.7 Å². The highest BCUT2D eigenvalue weighted by Crippen LogP contribution is 2.25. The standard InChI is InChI=1S/C22H26N4O2S/c1-4-17-11-13-19(14-12-17)28-16(3)21-24-25-22(26(21)5-2)29-15-20(27)23-18-9-7-6-8-10-18/h6-14,16H,4-5,15H2,1-3H3,(H,23,27). The van der Waals surface area contributed by atoms with Crippen LogP contribution in [0.2, 0.25) is 0 Å². The Hall–Kier alpha value is -2.80. The quantitative estimate of drug-likeness (QED) is 0.517. The lowest BCUT2D eigenvalue weighted by Crippen LogP contribution is -2.15. The molecular weight excluding hydrogens is 384 g/mol. The van der Waals surface area contributed by atoms with E-state index in [4.69, 9.17) is 4.74 Å². The molecule has 1 amide bonds. The number of rotatable bonds is 9. The van der Waals surface area contributed by atoms with Crippen molar-refractivity contribution in [3.63, 3.8) is 0 Å². The number of carbonyl (C=O) groups excluding carboxylic acids is 1. The maximum absolute atomic E-state index is 12.2. The first-order valence-corrected chi connectivity index (χ1v) is 10.8. The average Bonchev–Trinajstić information content (AvgIpc) is 3.16. The largest absolute Gasteiger partial charge is 0.483 e. The van der Waals surface area contributed by atoms with E-state index in [1.54, 1.807) is 0 Å². The number of hydrogen-bond acceptors (Lipinski definition) is 5. The first-order chi connectivity index (χ1) is 14.1. The predicted octanol–water partition coefficient (Wildman–Crippen LogP) is 4.73. The van der Waals surface area contributed by atoms with Crippen LogP contribution in [0.25, 0.3) is 0 Å². The maximum Gasteiger partial charge on any atom is 0.234 e. The van der Waals surface area contributed by atoms with Crippen molar-refractivity contribution in [1.82, 2.24) is 14.8 Å². The van der Waals surface area contributed by atoms with Crippen LogP contribution < -0.4 is 10.1 Å². The van der Waals surface area contributed by atoms with E-state index >= 15 is 0 Å². The van der Waals surface area contributed by atoms with Gasteiger partial charge in [-0.15, -0.1) is 10.2 Å². The second-order valence-corrected chi connectivity index (χ2v) is 7.49. The summed E-state index contributed by atoms with van der Waals surface area (Å²) in [6.07, 6.45) is 0.751. The van der Waals surface area contributed by atoms with Crippen LogP contribution in [0, 0.1) is 0 Å². The Morgan fingerprint density at radius 3 is 2.48 bits per heavy atom. The zero-order valence-corrected chi connectivity index (χ0v) is 17.8. The molecule has 3 aromatic rings. The number of para-hydroxylation sites is 1. The minimum atomic E-state index is -0.248. The molecule has 1 atom stereocenters. The van der Waals surface area contributed by atoms with E-state index < -0.39 is 0 Å². The maximum atomic E-state index is 12.2. The molecule has 1 unspecified atom stereocenters. The number of ether oxygens (including phenoxy) is 1. The molecule has 3 rings (SSSR count). The molecule has 0 aliphatic heterocycles. The van der Waals surface area contributed by atoms with Crippen molar-refractivity contribution in [2.45, 2.75) is 45.0 Å². The fourth-order valence-corrected chi connectivity index (χ4v) is 3.72. The zero-order chi connectivity index (χ0) is 20.6. The van der Waals surface area contributed by atoms with Gasteiger partial charge in [-0.05, 0) is 50.1 Å². The van der Waals surface area contributed by atoms with Crippen molar-refractivity contribution in [2.24, 2.45) is 0 Å². The Morgan fingerprint density at radius 1 is 1.10 bits per heavy atom. The van der Waals surface area contributed by atoms with Gasteiger partial charge in [-0.1, -0.05) is 49.0 Å². The lowest BCUT2D eigenvalue weighted by Gasteiger charge is -2.16. The molecule has 152 valence electrons. The number of aromatic nitrogens is 3. The molecule has 0 fully saturated rings. The van der Waals surface area contributed by atoms with Gasteiger partial charge in [0.2, 0.25) is 5.91 Å². The fourth-order valence-electron chi connectivity index (χ4n) is 2.91. The number of thioether (sulfide) groups is 1. The molecule has 1 aromatic heterocycles. The Bertz CT molecular complexity index is 926. The van der Waals surface area contributed by atoms with E-state index in [-0.39, 0.29) is 17.8 Å². The normalized spacial score (nSPS) is 11.8. The molecule has 0 saturated carbocycles. The smallest absolute Gasteiger partial charge is 0.234 e. The van der Waals surface area contributed by atoms with E-state index in [9.17, 15) is 4.79 Å². The van der Waals surface area contributed by atoms with Crippen LogP contribution in [-0.4, -0.2) is 26.4 Å². The van der Waals surface area contributed by atoms with Gasteiger partial charge in [-0.2, -0.15) is 0 Å². The van der Waals surface area contributed by atoms with E-state index in [0.29, 0.717) is 11.7 Å². The van der Waals surface area contributed by atoms with Crippen molar-refractivity contribution in [3.8, 4) is 5.75 Å². The molecule has 0 spiro atoms. The molecule has 7 heteroatoms. The minimum Gasteiger partial charge on any atom is -0.483 e. The highest BCUT2D eigenvalue weighted by molar-refractivity contribution is 7.99. The van der Waals surface area contributed by atoms with Crippen LogP contribution in [0.15, 0.2) is 59.8 Å². The molecule has 0 radical (unpaired) electrons. The second-order valence-electron chi connectivity index (χ2n) is 6.55. The van der Waals surface area contributed by atoms with Gasteiger partial charge in [0.05, 0.1) is 5.75 Å². The molecule has 0 bridgehead atoms. The molecule has 1 N–H and O–H groups in total. The lowest BCUT2D eigenvalue weighted by atomic mass is 10.2. The summed E-state index contributed by atoms with van der Waals surface area (Å²) in [5.74, 6) is 1.74. The zero-order valence-electron chi connectivity index (χ0n) is 17.0. The molecular formula is C22H26N4O2S. The highest BCUT2D eigenvalue weighted by Gasteiger charge is 2.19. The highest BCUT2D eigenvalue weighted by atomic mass is 32.2. The Kier molecular flexibility index (Phi) is 7.30. The van der Waals surface area contributed by atoms with Crippen molar-refractivity contribution in [1.29, 1.82) is 0 Å². The number of benzene rings is 2. The van der Waals surface area contributed by atoms with Gasteiger partial charge < -0.3 is 14.6 Å². The van der Waals surface area contributed by atoms with Crippen LogP contribution in [0.1, 0.15) is 38.3 Å². The Balaban J connectivity index is 1.62. The minimum absolute atomic E-state index is 0.0753. The third-order valence-corrected chi connectivity index (χ3v) is 5.43. The SMILES string of the molecule is CCc1ccc(OC(C)c2nnc(SCC(=O)Nc3ccccc3)n2CC)cc1. The van der Waals surface area contributed by atoms with E-state index in [2.05, 4.69) is 34.6 Å². The Morgan fingerprint density at radius 2 is 1.83 bits per heavy atom. The van der Waals surface area contributed by atoms with Crippen LogP contribution in [0.4, 0.5) is 5.69 Å². The summed E-state index contributed by atoms with van der Waals surface area (Å²) in [7, 11) is 0. The van der Waals surface area contributed by atoms with Crippen molar-refractivity contribution >= 4 is 23.4 Å². The van der Waals surface area contributed by atoms with Gasteiger partial charge >= 0.3 is 0 Å². The van der Waals surface area contributed by atoms with Gasteiger partial charge in [0.15, 0.2) is 17.1 Å². The monoisotopic (exact) mass is 410 g/mol. The molecule has 0 aliphatic carbocycles. The molecule has 6 nitrogen and oxygen atoms in total. The predicted molar refractivity (Wildman–Crippen MR) is 116 cm³/mol. The number of amides is 1. The molecule has 2 aromatic carbocycles. The van der Waals surface area contributed by atoms with Crippen LogP contribution in [-0.2, 0) is 17.8 Å². The number of hydrogen-bond donors (Lipinski definition) is 1. The summed E-state index contributed by atoms with van der Waals surface area (Å²) in [5, 5.41) is 12.2. The fraction of sp³-hybridized carbons (Fsp3) is 0.318. The topological polar surface area (TPSA) is 69.0 Å². The molecule has 29 heavy (non-hydrogen) atoms. The van der Waals surface area contributed by atoms with E-state index in [1.807, 2.05) is 60.9 Å². The van der Waals surface area contributed by atoms with Crippen LogP contribution >= 0.6 is 11.8 Å². The average molecular weight is 411 g/mol. The van der Waals surface area contributed by atoms with Gasteiger partial charge in [0.1, 0.15) is 5.75 Å². The molecule has 1 heterocycles. The number of anilines is 1. The summed E-state index contributed by atoms with van der Waals surface area (Å²) in [6.45, 7) is 6.82. The molecule has 0 aliphatic rings. The van der Waals surface area contributed by atoms with Crippen LogP contribution in [0.5, 0.6) is 5.75 Å². The van der Waals surface area contributed by atoms with Crippen molar-refractivity contribution in [3.05, 3.63) is 66.0 Å². The first kappa shape index (κ1) is 20.9. The summed E-state index contributed by atoms with van der Waals surface area (Å²) in [6, 6.07) is 17.5. The van der Waals surface area contributed by atoms with Gasteiger partial charge in [0, 0.05) is 12.2 Å². The number of carbonyl (C=O) groups is 1. The Labute approximate surface area is 175 Å². The lowest BCUT2D eigenvalue weighted by molar-refractivity contribution is -0.113. The van der Waals surface area contributed by atoms with Crippen molar-refractivity contribution in [2.75, 3.05) is 11.1 Å². The van der Waals surface area contributed by atoms with Gasteiger partial charge in [-0.3, -0.25) is 4.79 Å². The second kappa shape index (κ2) is 10.1. The summed E-state index contributed by atoms with van der Waals surface area (Å²) in [5.41, 5.74) is 2.06. The van der Waals surface area contributed by atoms with E-state index in [1.165, 1.54) is 17.3 Å². The summed E-state index contributed by atoms with van der Waals surface area (Å²) >= 11 is 1.37. The summed E-state index contributed by atoms with van der Waals surface area (Å²) in [4.78, 5) is 12.2. The van der Waals surface area contributed by atoms with Crippen LogP contribution in [0.3, 0.4) is 0 Å². The third-order valence-electron chi connectivity index (χ3n) is 4.46. The van der Waals surface area contributed by atoms with Crippen molar-refractivity contribution < 1.29 is 9.53 Å². The number of nitrogens with one attached hydrogen (secondary N) is 1. The summed E-state index contributed by atoms with van der Waals surface area (Å²) < 4.78 is 8.04. The molecule has 0 saturated heterocycles.